The molecule has 2 aromatic rings. The van der Waals surface area contributed by atoms with Gasteiger partial charge in [-0.1, -0.05) is 0 Å². The number of thiazole rings is 1. The largest absolute Gasteiger partial charge is 0.534 e. The molecule has 1 unspecified atom stereocenters. The summed E-state index contributed by atoms with van der Waals surface area (Å²) < 4.78 is 77.8. The SMILES string of the molecule is CCOC(=O)C(OC(C)(C)C)c1c(C)cc2nc(C(=O)O)sc2c1OS(=O)(=O)C(F)(F)F. The van der Waals surface area contributed by atoms with Crippen LogP contribution in [0.25, 0.3) is 10.2 Å². The lowest BCUT2D eigenvalue weighted by molar-refractivity contribution is -0.167. The number of benzene rings is 1. The van der Waals surface area contributed by atoms with Crippen LogP contribution in [-0.4, -0.2) is 48.2 Å². The topological polar surface area (TPSA) is 129 Å². The molecule has 1 aromatic carbocycles. The summed E-state index contributed by atoms with van der Waals surface area (Å²) in [6, 6.07) is 1.29. The Morgan fingerprint density at radius 1 is 1.25 bits per heavy atom. The molecule has 178 valence electrons. The van der Waals surface area contributed by atoms with Crippen LogP contribution in [0, 0.1) is 6.92 Å². The summed E-state index contributed by atoms with van der Waals surface area (Å²) in [5.74, 6) is -3.38. The zero-order valence-electron chi connectivity index (χ0n) is 17.6. The molecule has 0 bridgehead atoms. The highest BCUT2D eigenvalue weighted by molar-refractivity contribution is 7.88. The fourth-order valence-corrected chi connectivity index (χ4v) is 4.05. The number of alkyl halides is 3. The second kappa shape index (κ2) is 8.83. The minimum absolute atomic E-state index is 0.0782. The quantitative estimate of drug-likeness (QED) is 0.342. The number of nitrogens with zero attached hydrogens (tertiary/aromatic N) is 1. The Hall–Kier alpha value is -2.45. The van der Waals surface area contributed by atoms with Gasteiger partial charge in [-0.2, -0.15) is 21.6 Å². The van der Waals surface area contributed by atoms with Crippen molar-refractivity contribution in [1.82, 2.24) is 4.98 Å². The molecule has 1 atom stereocenters. The molecule has 1 heterocycles. The van der Waals surface area contributed by atoms with E-state index in [-0.39, 0.29) is 28.0 Å². The van der Waals surface area contributed by atoms with Crippen LogP contribution in [0.2, 0.25) is 0 Å². The van der Waals surface area contributed by atoms with Gasteiger partial charge in [0.05, 0.1) is 22.4 Å². The molecule has 9 nitrogen and oxygen atoms in total. The predicted octanol–water partition coefficient (Wildman–Crippen LogP) is 3.95. The van der Waals surface area contributed by atoms with E-state index < -0.39 is 50.0 Å². The maximum atomic E-state index is 13.1. The number of hydrogen-bond donors (Lipinski definition) is 1. The van der Waals surface area contributed by atoms with Crippen LogP contribution in [0.3, 0.4) is 0 Å². The van der Waals surface area contributed by atoms with Crippen LogP contribution in [0.1, 0.15) is 54.7 Å². The number of aryl methyl sites for hydroxylation is 1. The van der Waals surface area contributed by atoms with Gasteiger partial charge in [0.1, 0.15) is 0 Å². The average Bonchev–Trinajstić information content (AvgIpc) is 3.02. The fourth-order valence-electron chi connectivity index (χ4n) is 2.63. The first-order valence-corrected chi connectivity index (χ1v) is 11.2. The molecule has 2 rings (SSSR count). The van der Waals surface area contributed by atoms with Gasteiger partial charge in [-0.15, -0.1) is 11.3 Å². The molecule has 1 aromatic heterocycles. The third kappa shape index (κ3) is 5.48. The Bertz CT molecular complexity index is 1150. The van der Waals surface area contributed by atoms with Gasteiger partial charge in [0, 0.05) is 5.56 Å². The zero-order chi connectivity index (χ0) is 24.6. The number of carbonyl (C=O) groups is 2. The van der Waals surface area contributed by atoms with Gasteiger partial charge in [-0.3, -0.25) is 0 Å². The number of carboxylic acid groups (broad SMARTS) is 1. The van der Waals surface area contributed by atoms with Crippen LogP contribution in [0.4, 0.5) is 13.2 Å². The number of esters is 1. The van der Waals surface area contributed by atoms with Crippen LogP contribution < -0.4 is 4.18 Å². The summed E-state index contributed by atoms with van der Waals surface area (Å²) in [5.41, 5.74) is -7.20. The first-order valence-electron chi connectivity index (χ1n) is 9.01. The van der Waals surface area contributed by atoms with Gasteiger partial charge in [0.25, 0.3) is 0 Å². The minimum atomic E-state index is -6.18. The molecule has 0 spiro atoms. The molecule has 0 saturated heterocycles. The first-order chi connectivity index (χ1) is 14.5. The average molecular weight is 499 g/mol. The Labute approximate surface area is 185 Å². The molecule has 0 aliphatic rings. The van der Waals surface area contributed by atoms with Crippen molar-refractivity contribution in [1.29, 1.82) is 0 Å². The summed E-state index contributed by atoms with van der Waals surface area (Å²) in [6.07, 6.45) is -1.67. The molecule has 0 fully saturated rings. The molecule has 32 heavy (non-hydrogen) atoms. The van der Waals surface area contributed by atoms with Crippen molar-refractivity contribution >= 4 is 43.6 Å². The number of fused-ring (bicyclic) bond motifs is 1. The van der Waals surface area contributed by atoms with Crippen LogP contribution >= 0.6 is 11.3 Å². The summed E-state index contributed by atoms with van der Waals surface area (Å²) in [6.45, 7) is 7.46. The summed E-state index contributed by atoms with van der Waals surface area (Å²) >= 11 is 0.392. The number of aromatic carboxylic acids is 1. The van der Waals surface area contributed by atoms with E-state index in [1.54, 1.807) is 20.8 Å². The summed E-state index contributed by atoms with van der Waals surface area (Å²) in [4.78, 5) is 27.8. The standard InChI is InChI=1S/C18H20F3NO8S2/c1-6-28-16(25)12(29-17(3,4)5)10-8(2)7-9-13(31-14(22-9)15(23)24)11(10)30-32(26,27)18(19,20)21/h7,12H,6H2,1-5H3,(H,23,24). The lowest BCUT2D eigenvalue weighted by atomic mass is 10.0. The highest BCUT2D eigenvalue weighted by Gasteiger charge is 2.50. The molecule has 0 radical (unpaired) electrons. The van der Waals surface area contributed by atoms with E-state index in [9.17, 15) is 36.3 Å². The summed E-state index contributed by atoms with van der Waals surface area (Å²) in [7, 11) is -6.18. The summed E-state index contributed by atoms with van der Waals surface area (Å²) in [5, 5.41) is 8.69. The molecule has 0 aliphatic carbocycles. The van der Waals surface area contributed by atoms with E-state index in [0.717, 1.165) is 0 Å². The number of halogens is 3. The van der Waals surface area contributed by atoms with Crippen molar-refractivity contribution in [3.63, 3.8) is 0 Å². The Balaban J connectivity index is 2.91. The first kappa shape index (κ1) is 25.8. The maximum Gasteiger partial charge on any atom is 0.534 e. The highest BCUT2D eigenvalue weighted by atomic mass is 32.2. The van der Waals surface area contributed by atoms with Gasteiger partial charge >= 0.3 is 27.6 Å². The molecule has 0 saturated carbocycles. The molecule has 0 aliphatic heterocycles. The van der Waals surface area contributed by atoms with Crippen molar-refractivity contribution < 1.29 is 49.9 Å². The van der Waals surface area contributed by atoms with E-state index in [1.807, 2.05) is 0 Å². The van der Waals surface area contributed by atoms with E-state index in [1.165, 1.54) is 19.9 Å². The predicted molar refractivity (Wildman–Crippen MR) is 107 cm³/mol. The molecular formula is C18H20F3NO8S2. The normalized spacial score (nSPS) is 13.8. The Morgan fingerprint density at radius 2 is 1.84 bits per heavy atom. The van der Waals surface area contributed by atoms with E-state index in [0.29, 0.717) is 11.3 Å². The van der Waals surface area contributed by atoms with Gasteiger partial charge in [0.2, 0.25) is 5.01 Å². The number of carboxylic acids is 1. The lowest BCUT2D eigenvalue weighted by Gasteiger charge is -2.28. The Kier molecular flexibility index (Phi) is 7.12. The zero-order valence-corrected chi connectivity index (χ0v) is 19.2. The molecule has 1 N–H and O–H groups in total. The third-order valence-electron chi connectivity index (χ3n) is 3.78. The van der Waals surface area contributed by atoms with Crippen molar-refractivity contribution in [2.75, 3.05) is 6.61 Å². The highest BCUT2D eigenvalue weighted by Crippen LogP contribution is 2.44. The van der Waals surface area contributed by atoms with E-state index in [2.05, 4.69) is 9.17 Å². The van der Waals surface area contributed by atoms with Gasteiger partial charge in [-0.25, -0.2) is 14.6 Å². The van der Waals surface area contributed by atoms with E-state index >= 15 is 0 Å². The third-order valence-corrected chi connectivity index (χ3v) is 5.79. The second-order valence-electron chi connectivity index (χ2n) is 7.45. The van der Waals surface area contributed by atoms with Crippen molar-refractivity contribution in [2.45, 2.75) is 51.8 Å². The monoisotopic (exact) mass is 499 g/mol. The van der Waals surface area contributed by atoms with Crippen LogP contribution in [0.5, 0.6) is 5.75 Å². The lowest BCUT2D eigenvalue weighted by Crippen LogP contribution is -2.31. The van der Waals surface area contributed by atoms with Crippen LogP contribution in [0.15, 0.2) is 6.07 Å². The van der Waals surface area contributed by atoms with E-state index in [4.69, 9.17) is 9.47 Å². The van der Waals surface area contributed by atoms with Gasteiger partial charge in [-0.05, 0) is 46.2 Å². The van der Waals surface area contributed by atoms with Crippen molar-refractivity contribution in [2.24, 2.45) is 0 Å². The number of rotatable bonds is 7. The fraction of sp³-hybridized carbons (Fsp3) is 0.500. The molecule has 0 amide bonds. The number of hydrogen-bond acceptors (Lipinski definition) is 9. The minimum Gasteiger partial charge on any atom is -0.476 e. The number of ether oxygens (including phenoxy) is 2. The smallest absolute Gasteiger partial charge is 0.476 e. The Morgan fingerprint density at radius 3 is 2.31 bits per heavy atom. The van der Waals surface area contributed by atoms with Crippen molar-refractivity contribution in [3.05, 3.63) is 22.2 Å². The number of aromatic nitrogens is 1. The second-order valence-corrected chi connectivity index (χ2v) is 9.99. The molecule has 14 heteroatoms. The maximum absolute atomic E-state index is 13.1. The van der Waals surface area contributed by atoms with Crippen LogP contribution in [-0.2, 0) is 24.4 Å². The van der Waals surface area contributed by atoms with Gasteiger partial charge in [0.15, 0.2) is 11.9 Å². The van der Waals surface area contributed by atoms with Crippen molar-refractivity contribution in [3.8, 4) is 5.75 Å². The molecular weight excluding hydrogens is 479 g/mol. The van der Waals surface area contributed by atoms with Gasteiger partial charge < -0.3 is 18.8 Å². The number of carbonyl (C=O) groups excluding carboxylic acids is 1.